The van der Waals surface area contributed by atoms with Gasteiger partial charge in [0.25, 0.3) is 0 Å². The largest absolute Gasteiger partial charge is 2.00 e. The molecule has 0 aliphatic heterocycles. The molecule has 0 unspecified atom stereocenters. The van der Waals surface area contributed by atoms with Crippen molar-refractivity contribution in [2.45, 2.75) is 46.3 Å². The van der Waals surface area contributed by atoms with Crippen LogP contribution in [-0.2, 0) is 26.6 Å². The van der Waals surface area contributed by atoms with Crippen LogP contribution in [0.4, 0.5) is 4.79 Å². The zero-order valence-corrected chi connectivity index (χ0v) is 17.7. The maximum Gasteiger partial charge on any atom is 2.00 e. The standard InChI is InChI=1S/C16H25N2O3.C5H5.Fe/c1-11(2)13(18-15(20)21-16(3,4)5)14(19)17-10-12-8-6-7-9-12;1-2-4-5-3-1;/h6-9,11,13H,10H2,1-5H3,(H,17,19)(H,18,20);1-5H;/q;;+2/t13-;;/m0../s1. The summed E-state index contributed by atoms with van der Waals surface area (Å²) in [7, 11) is 0. The fraction of sp³-hybridized carbons (Fsp3) is 0.429. The molecule has 0 aromatic heterocycles. The molecule has 27 heavy (non-hydrogen) atoms. The minimum atomic E-state index is -0.616. The van der Waals surface area contributed by atoms with Crippen LogP contribution in [0.2, 0.25) is 0 Å². The van der Waals surface area contributed by atoms with Crippen molar-refractivity contribution in [3.63, 3.8) is 0 Å². The van der Waals surface area contributed by atoms with E-state index in [2.05, 4.69) is 10.6 Å². The molecule has 2 rings (SSSR count). The Balaban J connectivity index is 0.000000969. The molecule has 2 aliphatic carbocycles. The summed E-state index contributed by atoms with van der Waals surface area (Å²) in [6, 6.07) is -0.616. The summed E-state index contributed by atoms with van der Waals surface area (Å²) in [5, 5.41) is 5.46. The zero-order valence-electron chi connectivity index (χ0n) is 16.6. The van der Waals surface area contributed by atoms with Crippen LogP contribution in [0.5, 0.6) is 0 Å². The maximum absolute atomic E-state index is 12.2. The van der Waals surface area contributed by atoms with Gasteiger partial charge in [0, 0.05) is 12.5 Å². The van der Waals surface area contributed by atoms with Crippen LogP contribution in [-0.4, -0.2) is 30.2 Å². The molecule has 2 amide bonds. The first-order chi connectivity index (χ1) is 12.2. The SMILES string of the molecule is CC(C)[C@H](NC(=O)OC(C)(C)C)C(=O)NC[C]1[CH][CH][CH][CH]1.[CH]1[CH][CH][CH][CH]1.[Fe+2]. The van der Waals surface area contributed by atoms with E-state index in [1.165, 1.54) is 0 Å². The van der Waals surface area contributed by atoms with E-state index in [1.54, 1.807) is 20.8 Å². The van der Waals surface area contributed by atoms with E-state index in [9.17, 15) is 9.59 Å². The number of carbonyl (C=O) groups is 2. The zero-order chi connectivity index (χ0) is 19.6. The summed E-state index contributed by atoms with van der Waals surface area (Å²) in [5.74, 6) is 0.789. The predicted octanol–water partition coefficient (Wildman–Crippen LogP) is 3.08. The summed E-state index contributed by atoms with van der Waals surface area (Å²) >= 11 is 0. The first-order valence-corrected chi connectivity index (χ1v) is 8.83. The molecule has 0 spiro atoms. The Morgan fingerprint density at radius 3 is 1.85 bits per heavy atom. The van der Waals surface area contributed by atoms with Gasteiger partial charge in [-0.15, -0.1) is 0 Å². The van der Waals surface area contributed by atoms with Crippen molar-refractivity contribution in [3.05, 3.63) is 63.7 Å². The van der Waals surface area contributed by atoms with Crippen LogP contribution in [0.15, 0.2) is 0 Å². The average molecular weight is 414 g/mol. The van der Waals surface area contributed by atoms with E-state index in [-0.39, 0.29) is 28.9 Å². The van der Waals surface area contributed by atoms with Crippen LogP contribution in [0.25, 0.3) is 0 Å². The van der Waals surface area contributed by atoms with Crippen molar-refractivity contribution in [3.8, 4) is 0 Å². The molecule has 10 radical (unpaired) electrons. The van der Waals surface area contributed by atoms with Crippen molar-refractivity contribution >= 4 is 12.0 Å². The van der Waals surface area contributed by atoms with Crippen LogP contribution < -0.4 is 10.6 Å². The van der Waals surface area contributed by atoms with Crippen LogP contribution in [0, 0.1) is 69.6 Å². The normalized spacial score (nSPS) is 18.1. The second-order valence-corrected chi connectivity index (χ2v) is 7.34. The van der Waals surface area contributed by atoms with Crippen molar-refractivity contribution < 1.29 is 31.4 Å². The van der Waals surface area contributed by atoms with Crippen LogP contribution >= 0.6 is 0 Å². The van der Waals surface area contributed by atoms with Crippen LogP contribution in [0.3, 0.4) is 0 Å². The molecule has 1 atom stereocenters. The van der Waals surface area contributed by atoms with E-state index in [0.717, 1.165) is 5.92 Å². The average Bonchev–Trinajstić information content (AvgIpc) is 3.23. The first kappa shape index (κ1) is 26.3. The second-order valence-electron chi connectivity index (χ2n) is 7.34. The van der Waals surface area contributed by atoms with Gasteiger partial charge in [0.1, 0.15) is 11.6 Å². The van der Waals surface area contributed by atoms with Crippen molar-refractivity contribution in [2.24, 2.45) is 5.92 Å². The maximum atomic E-state index is 12.2. The molecule has 148 valence electrons. The van der Waals surface area contributed by atoms with Gasteiger partial charge < -0.3 is 15.4 Å². The number of alkyl carbamates (subject to hydrolysis) is 1. The Morgan fingerprint density at radius 1 is 0.963 bits per heavy atom. The topological polar surface area (TPSA) is 67.4 Å². The van der Waals surface area contributed by atoms with Crippen molar-refractivity contribution in [1.82, 2.24) is 10.6 Å². The molecule has 5 nitrogen and oxygen atoms in total. The number of hydrogen-bond acceptors (Lipinski definition) is 3. The Hall–Kier alpha value is -0.741. The molecule has 0 heterocycles. The van der Waals surface area contributed by atoms with E-state index in [4.69, 9.17) is 4.74 Å². The molecule has 6 heteroatoms. The van der Waals surface area contributed by atoms with Gasteiger partial charge in [-0.1, -0.05) is 13.8 Å². The van der Waals surface area contributed by atoms with Gasteiger partial charge in [0.05, 0.1) is 0 Å². The minimum absolute atomic E-state index is 0. The monoisotopic (exact) mass is 414 g/mol. The Bertz CT molecular complexity index is 418. The second kappa shape index (κ2) is 13.4. The van der Waals surface area contributed by atoms with Crippen molar-refractivity contribution in [2.75, 3.05) is 6.54 Å². The third kappa shape index (κ3) is 12.4. The Kier molecular flexibility index (Phi) is 13.1. The molecule has 0 aromatic rings. The van der Waals surface area contributed by atoms with Gasteiger partial charge in [0.2, 0.25) is 5.91 Å². The molecule has 0 saturated heterocycles. The van der Waals surface area contributed by atoms with Gasteiger partial charge in [0.15, 0.2) is 0 Å². The fourth-order valence-electron chi connectivity index (χ4n) is 2.12. The third-order valence-electron chi connectivity index (χ3n) is 3.38. The van der Waals surface area contributed by atoms with Gasteiger partial charge in [-0.3, -0.25) is 4.79 Å². The van der Waals surface area contributed by atoms with Crippen LogP contribution in [0.1, 0.15) is 34.6 Å². The van der Waals surface area contributed by atoms with Gasteiger partial charge in [-0.25, -0.2) is 4.79 Å². The molecular weight excluding hydrogens is 384 g/mol. The quantitative estimate of drug-likeness (QED) is 0.680. The minimum Gasteiger partial charge on any atom is -0.444 e. The number of amides is 2. The van der Waals surface area contributed by atoms with Gasteiger partial charge in [-0.05, 0) is 84.5 Å². The molecule has 2 aliphatic rings. The van der Waals surface area contributed by atoms with E-state index >= 15 is 0 Å². The fourth-order valence-corrected chi connectivity index (χ4v) is 2.12. The smallest absolute Gasteiger partial charge is 0.444 e. The number of hydrogen-bond donors (Lipinski definition) is 2. The molecule has 0 aromatic carbocycles. The number of carbonyl (C=O) groups excluding carboxylic acids is 2. The first-order valence-electron chi connectivity index (χ1n) is 8.83. The van der Waals surface area contributed by atoms with E-state index in [0.29, 0.717) is 6.54 Å². The molecule has 2 N–H and O–H groups in total. The van der Waals surface area contributed by atoms with E-state index < -0.39 is 17.7 Å². The Morgan fingerprint density at radius 2 is 1.44 bits per heavy atom. The number of nitrogens with one attached hydrogen (secondary N) is 2. The summed E-state index contributed by atoms with van der Waals surface area (Å²) < 4.78 is 5.19. The van der Waals surface area contributed by atoms with E-state index in [1.807, 2.05) is 71.6 Å². The molecule has 2 saturated carbocycles. The molecular formula is C21H30FeN2O3+2. The van der Waals surface area contributed by atoms with Gasteiger partial charge in [-0.2, -0.15) is 0 Å². The number of rotatable bonds is 5. The van der Waals surface area contributed by atoms with Crippen molar-refractivity contribution in [1.29, 1.82) is 0 Å². The summed E-state index contributed by atoms with van der Waals surface area (Å²) in [6.45, 7) is 9.56. The predicted molar refractivity (Wildman–Crippen MR) is 103 cm³/mol. The summed E-state index contributed by atoms with van der Waals surface area (Å²) in [6.07, 6.45) is 17.1. The molecule has 0 bridgehead atoms. The third-order valence-corrected chi connectivity index (χ3v) is 3.38. The van der Waals surface area contributed by atoms with Gasteiger partial charge >= 0.3 is 23.2 Å². The summed E-state index contributed by atoms with van der Waals surface area (Å²) in [5.41, 5.74) is -0.586. The summed E-state index contributed by atoms with van der Waals surface area (Å²) in [4.78, 5) is 24.0. The number of ether oxygens (including phenoxy) is 1. The molecule has 2 fully saturated rings. The Labute approximate surface area is 176 Å².